The number of carbonyl (C=O) groups excluding carboxylic acids is 1. The largest absolute Gasteiger partial charge is 0.412 e. The molecule has 0 spiro atoms. The van der Waals surface area contributed by atoms with Gasteiger partial charge in [0.1, 0.15) is 6.04 Å². The zero-order valence-electron chi connectivity index (χ0n) is 11.3. The van der Waals surface area contributed by atoms with Crippen LogP contribution >= 0.6 is 0 Å². The summed E-state index contributed by atoms with van der Waals surface area (Å²) in [6, 6.07) is 5.02. The van der Waals surface area contributed by atoms with E-state index >= 15 is 0 Å². The number of aromatic nitrogens is 1. The van der Waals surface area contributed by atoms with Crippen molar-refractivity contribution in [2.45, 2.75) is 32.2 Å². The number of nitrogens with one attached hydrogen (secondary N) is 1. The fourth-order valence-corrected chi connectivity index (χ4v) is 2.58. The lowest BCUT2D eigenvalue weighted by Crippen LogP contribution is -2.40. The quantitative estimate of drug-likeness (QED) is 0.889. The van der Waals surface area contributed by atoms with Crippen molar-refractivity contribution in [2.24, 2.45) is 0 Å². The first-order valence-electron chi connectivity index (χ1n) is 6.63. The van der Waals surface area contributed by atoms with E-state index in [1.54, 1.807) is 6.07 Å². The summed E-state index contributed by atoms with van der Waals surface area (Å²) in [5.74, 6) is -0.134. The number of rotatable bonds is 2. The molecule has 110 valence electrons. The lowest BCUT2D eigenvalue weighted by atomic mass is 10.1. The Morgan fingerprint density at radius 2 is 2.25 bits per heavy atom. The third-order valence-electron chi connectivity index (χ3n) is 3.64. The SMILES string of the molecule is CCc1cccc2c(=O)n(C3CCCNC3=O)oc12.O.[HH]. The van der Waals surface area contributed by atoms with Gasteiger partial charge in [0.25, 0.3) is 5.56 Å². The summed E-state index contributed by atoms with van der Waals surface area (Å²) in [4.78, 5) is 24.2. The standard InChI is InChI=1S/C14H16N2O3.H2O.H2/c1-2-9-5-3-6-10-12(9)19-16(14(10)18)11-7-4-8-15-13(11)17;;/h3,5-6,11H,2,4,7-8H2,1H3,(H,15,17);1H2;1H. The molecule has 20 heavy (non-hydrogen) atoms. The van der Waals surface area contributed by atoms with Crippen molar-refractivity contribution in [1.82, 2.24) is 10.1 Å². The second-order valence-electron chi connectivity index (χ2n) is 4.82. The highest BCUT2D eigenvalue weighted by Crippen LogP contribution is 2.22. The smallest absolute Gasteiger partial charge is 0.291 e. The zero-order chi connectivity index (χ0) is 13.4. The van der Waals surface area contributed by atoms with Crippen LogP contribution in [0.2, 0.25) is 0 Å². The molecule has 3 N–H and O–H groups in total. The molecule has 1 unspecified atom stereocenters. The molecule has 2 aromatic rings. The number of nitrogens with zero attached hydrogens (tertiary/aromatic N) is 1. The van der Waals surface area contributed by atoms with Gasteiger partial charge in [0.15, 0.2) is 5.58 Å². The first-order chi connectivity index (χ1) is 9.22. The summed E-state index contributed by atoms with van der Waals surface area (Å²) in [5.41, 5.74) is 1.38. The van der Waals surface area contributed by atoms with Gasteiger partial charge >= 0.3 is 0 Å². The Bertz CT molecular complexity index is 692. The topological polar surface area (TPSA) is 95.7 Å². The van der Waals surface area contributed by atoms with Crippen LogP contribution in [0.5, 0.6) is 0 Å². The molecule has 0 bridgehead atoms. The number of hydrogen-bond donors (Lipinski definition) is 1. The third kappa shape index (κ3) is 2.12. The molecule has 1 aliphatic heterocycles. The number of piperidine rings is 1. The minimum absolute atomic E-state index is 0. The zero-order valence-corrected chi connectivity index (χ0v) is 11.3. The van der Waals surface area contributed by atoms with Gasteiger partial charge in [-0.05, 0) is 30.9 Å². The van der Waals surface area contributed by atoms with Crippen molar-refractivity contribution in [3.8, 4) is 0 Å². The minimum Gasteiger partial charge on any atom is -0.412 e. The van der Waals surface area contributed by atoms with Gasteiger partial charge in [0, 0.05) is 7.97 Å². The van der Waals surface area contributed by atoms with E-state index < -0.39 is 6.04 Å². The number of hydrogen-bond acceptors (Lipinski definition) is 3. The molecule has 2 heterocycles. The molecule has 0 radical (unpaired) electrons. The number of fused-ring (bicyclic) bond motifs is 1. The Balaban J connectivity index is 0.00000110. The molecule has 1 aliphatic rings. The van der Waals surface area contributed by atoms with E-state index in [2.05, 4.69) is 5.32 Å². The van der Waals surface area contributed by atoms with Gasteiger partial charge in [0.05, 0.1) is 5.39 Å². The number of benzene rings is 1. The van der Waals surface area contributed by atoms with Crippen LogP contribution in [0.25, 0.3) is 11.0 Å². The Morgan fingerprint density at radius 1 is 1.45 bits per heavy atom. The van der Waals surface area contributed by atoms with E-state index in [1.165, 1.54) is 4.74 Å². The van der Waals surface area contributed by atoms with Crippen molar-refractivity contribution < 1.29 is 16.2 Å². The molecule has 1 aromatic heterocycles. The Labute approximate surface area is 117 Å². The predicted molar refractivity (Wildman–Crippen MR) is 76.9 cm³/mol. The molecule has 3 rings (SSSR count). The maximum absolute atomic E-state index is 12.3. The molecular formula is C14H20N2O4. The van der Waals surface area contributed by atoms with Crippen LogP contribution in [0.1, 0.15) is 32.8 Å². The van der Waals surface area contributed by atoms with Crippen molar-refractivity contribution >= 4 is 16.9 Å². The molecule has 6 heteroatoms. The molecule has 1 atom stereocenters. The first kappa shape index (κ1) is 14.3. The van der Waals surface area contributed by atoms with Crippen LogP contribution in [0.15, 0.2) is 27.5 Å². The van der Waals surface area contributed by atoms with Crippen molar-refractivity contribution in [2.75, 3.05) is 6.54 Å². The fourth-order valence-electron chi connectivity index (χ4n) is 2.58. The molecule has 1 saturated heterocycles. The second kappa shape index (κ2) is 5.50. The van der Waals surface area contributed by atoms with Crippen LogP contribution in [0, 0.1) is 0 Å². The maximum atomic E-state index is 12.3. The molecule has 1 aromatic carbocycles. The van der Waals surface area contributed by atoms with E-state index in [9.17, 15) is 9.59 Å². The first-order valence-corrected chi connectivity index (χ1v) is 6.63. The second-order valence-corrected chi connectivity index (χ2v) is 4.82. The van der Waals surface area contributed by atoms with E-state index in [0.29, 0.717) is 23.9 Å². The molecule has 6 nitrogen and oxygen atoms in total. The molecule has 0 saturated carbocycles. The number of carbonyl (C=O) groups is 1. The lowest BCUT2D eigenvalue weighted by Gasteiger charge is -2.20. The highest BCUT2D eigenvalue weighted by molar-refractivity contribution is 5.83. The monoisotopic (exact) mass is 280 g/mol. The minimum atomic E-state index is -0.515. The summed E-state index contributed by atoms with van der Waals surface area (Å²) in [6.07, 6.45) is 2.30. The van der Waals surface area contributed by atoms with Gasteiger partial charge in [-0.2, -0.15) is 4.74 Å². The van der Waals surface area contributed by atoms with E-state index in [-0.39, 0.29) is 18.4 Å². The van der Waals surface area contributed by atoms with Crippen molar-refractivity contribution in [3.63, 3.8) is 0 Å². The number of aryl methyl sites for hydroxylation is 1. The summed E-state index contributed by atoms with van der Waals surface area (Å²) < 4.78 is 6.91. The van der Waals surface area contributed by atoms with E-state index in [0.717, 1.165) is 18.4 Å². The Hall–Kier alpha value is -2.08. The van der Waals surface area contributed by atoms with Crippen LogP contribution in [0.3, 0.4) is 0 Å². The normalized spacial score (nSPS) is 18.6. The van der Waals surface area contributed by atoms with Crippen molar-refractivity contribution in [3.05, 3.63) is 34.1 Å². The summed E-state index contributed by atoms with van der Waals surface area (Å²) in [6.45, 7) is 2.68. The predicted octanol–water partition coefficient (Wildman–Crippen LogP) is 1.03. The molecular weight excluding hydrogens is 260 g/mol. The van der Waals surface area contributed by atoms with Crippen LogP contribution in [-0.2, 0) is 11.2 Å². The molecule has 0 aliphatic carbocycles. The summed E-state index contributed by atoms with van der Waals surface area (Å²) in [7, 11) is 0. The number of amides is 1. The van der Waals surface area contributed by atoms with E-state index in [4.69, 9.17) is 4.52 Å². The average Bonchev–Trinajstić information content (AvgIpc) is 2.77. The fraction of sp³-hybridized carbons (Fsp3) is 0.429. The maximum Gasteiger partial charge on any atom is 0.291 e. The highest BCUT2D eigenvalue weighted by Gasteiger charge is 2.28. The van der Waals surface area contributed by atoms with Crippen LogP contribution in [-0.4, -0.2) is 22.7 Å². The summed E-state index contributed by atoms with van der Waals surface area (Å²) in [5, 5.41) is 3.33. The van der Waals surface area contributed by atoms with Gasteiger partial charge in [-0.1, -0.05) is 19.1 Å². The van der Waals surface area contributed by atoms with Gasteiger partial charge in [-0.25, -0.2) is 0 Å². The molecule has 1 amide bonds. The highest BCUT2D eigenvalue weighted by atomic mass is 16.5. The van der Waals surface area contributed by atoms with Gasteiger partial charge < -0.3 is 15.3 Å². The molecule has 1 fully saturated rings. The van der Waals surface area contributed by atoms with Crippen LogP contribution in [0.4, 0.5) is 0 Å². The van der Waals surface area contributed by atoms with Gasteiger partial charge in [-0.15, -0.1) is 0 Å². The third-order valence-corrected chi connectivity index (χ3v) is 3.64. The van der Waals surface area contributed by atoms with Crippen LogP contribution < -0.4 is 10.9 Å². The summed E-state index contributed by atoms with van der Waals surface area (Å²) >= 11 is 0. The Kier molecular flexibility index (Phi) is 3.94. The average molecular weight is 280 g/mol. The lowest BCUT2D eigenvalue weighted by molar-refractivity contribution is -0.127. The van der Waals surface area contributed by atoms with Crippen molar-refractivity contribution in [1.29, 1.82) is 0 Å². The number of para-hydroxylation sites is 1. The van der Waals surface area contributed by atoms with Gasteiger partial charge in [0.2, 0.25) is 5.91 Å². The van der Waals surface area contributed by atoms with E-state index in [1.807, 2.05) is 19.1 Å². The Morgan fingerprint density at radius 3 is 2.95 bits per heavy atom. The van der Waals surface area contributed by atoms with Gasteiger partial charge in [-0.3, -0.25) is 9.59 Å².